The third-order valence-corrected chi connectivity index (χ3v) is 2.46. The summed E-state index contributed by atoms with van der Waals surface area (Å²) >= 11 is 0. The zero-order chi connectivity index (χ0) is 11.7. The number of nitro groups is 1. The van der Waals surface area contributed by atoms with Crippen molar-refractivity contribution in [3.8, 4) is 11.1 Å². The van der Waals surface area contributed by atoms with E-state index in [-0.39, 0.29) is 11.5 Å². The average Bonchev–Trinajstić information content (AvgIpc) is 2.41. The number of ketones is 1. The highest BCUT2D eigenvalue weighted by Gasteiger charge is 2.24. The SMILES string of the molecule is CC(=O)c1cc([N+](=O)[O-])c2cccccc1-2. The summed E-state index contributed by atoms with van der Waals surface area (Å²) in [6.45, 7) is 1.41. The molecule has 16 heavy (non-hydrogen) atoms. The minimum Gasteiger partial charge on any atom is -0.294 e. The fraction of sp³-hybridized carbons (Fsp3) is 0.0833. The van der Waals surface area contributed by atoms with Crippen LogP contribution in [0.2, 0.25) is 0 Å². The van der Waals surface area contributed by atoms with Crippen LogP contribution in [-0.4, -0.2) is 10.7 Å². The maximum Gasteiger partial charge on any atom is 0.277 e. The molecule has 80 valence electrons. The summed E-state index contributed by atoms with van der Waals surface area (Å²) in [7, 11) is 0. The van der Waals surface area contributed by atoms with Crippen LogP contribution in [0.4, 0.5) is 5.69 Å². The topological polar surface area (TPSA) is 60.2 Å². The second-order valence-electron chi connectivity index (χ2n) is 3.49. The van der Waals surface area contributed by atoms with Crippen LogP contribution >= 0.6 is 0 Å². The molecule has 0 saturated carbocycles. The number of carbonyl (C=O) groups excluding carboxylic acids is 1. The molecule has 0 radical (unpaired) electrons. The van der Waals surface area contributed by atoms with Gasteiger partial charge >= 0.3 is 0 Å². The van der Waals surface area contributed by atoms with Crippen molar-refractivity contribution in [1.29, 1.82) is 0 Å². The largest absolute Gasteiger partial charge is 0.294 e. The van der Waals surface area contributed by atoms with Crippen molar-refractivity contribution >= 4 is 11.5 Å². The highest BCUT2D eigenvalue weighted by molar-refractivity contribution is 6.04. The van der Waals surface area contributed by atoms with E-state index in [0.717, 1.165) is 0 Å². The first kappa shape index (κ1) is 10.3. The molecule has 0 unspecified atom stereocenters. The van der Waals surface area contributed by atoms with Crippen LogP contribution in [0.1, 0.15) is 17.3 Å². The van der Waals surface area contributed by atoms with Crippen LogP contribution in [-0.2, 0) is 0 Å². The summed E-state index contributed by atoms with van der Waals surface area (Å²) in [6, 6.07) is 9.97. The minimum absolute atomic E-state index is 0.0172. The van der Waals surface area contributed by atoms with Gasteiger partial charge < -0.3 is 0 Å². The van der Waals surface area contributed by atoms with Gasteiger partial charge in [0.25, 0.3) is 5.69 Å². The Morgan fingerprint density at radius 2 is 1.81 bits per heavy atom. The van der Waals surface area contributed by atoms with Gasteiger partial charge in [-0.2, -0.15) is 0 Å². The third kappa shape index (κ3) is 1.54. The average molecular weight is 215 g/mol. The van der Waals surface area contributed by atoms with Crippen molar-refractivity contribution < 1.29 is 9.72 Å². The molecule has 0 aliphatic heterocycles. The smallest absolute Gasteiger partial charge is 0.277 e. The second kappa shape index (κ2) is 3.73. The number of hydrogen-bond acceptors (Lipinski definition) is 3. The Morgan fingerprint density at radius 3 is 2.38 bits per heavy atom. The van der Waals surface area contributed by atoms with E-state index in [9.17, 15) is 14.9 Å². The Morgan fingerprint density at radius 1 is 1.19 bits per heavy atom. The van der Waals surface area contributed by atoms with E-state index in [0.29, 0.717) is 16.7 Å². The Hall–Kier alpha value is -2.23. The molecule has 0 aromatic rings. The highest BCUT2D eigenvalue weighted by atomic mass is 16.6. The maximum atomic E-state index is 11.4. The number of rotatable bonds is 2. The third-order valence-electron chi connectivity index (χ3n) is 2.46. The van der Waals surface area contributed by atoms with Crippen molar-refractivity contribution in [3.05, 3.63) is 52.1 Å². The number of nitrogens with zero attached hydrogens (tertiary/aromatic N) is 1. The molecule has 0 aromatic heterocycles. The molecule has 0 saturated heterocycles. The van der Waals surface area contributed by atoms with E-state index in [2.05, 4.69) is 0 Å². The van der Waals surface area contributed by atoms with Crippen molar-refractivity contribution in [1.82, 2.24) is 0 Å². The van der Waals surface area contributed by atoms with E-state index in [4.69, 9.17) is 0 Å². The summed E-state index contributed by atoms with van der Waals surface area (Å²) in [5.74, 6) is -0.163. The number of fused-ring (bicyclic) bond motifs is 1. The van der Waals surface area contributed by atoms with Crippen molar-refractivity contribution in [2.24, 2.45) is 0 Å². The number of hydrogen-bond donors (Lipinski definition) is 0. The quantitative estimate of drug-likeness (QED) is 0.439. The van der Waals surface area contributed by atoms with Gasteiger partial charge in [-0.3, -0.25) is 14.9 Å². The fourth-order valence-corrected chi connectivity index (χ4v) is 1.74. The minimum atomic E-state index is -0.464. The van der Waals surface area contributed by atoms with E-state index >= 15 is 0 Å². The molecule has 2 aliphatic carbocycles. The van der Waals surface area contributed by atoms with Crippen LogP contribution in [0.5, 0.6) is 0 Å². The lowest BCUT2D eigenvalue weighted by molar-refractivity contribution is -0.383. The van der Waals surface area contributed by atoms with Crippen LogP contribution in [0.25, 0.3) is 11.1 Å². The molecule has 0 N–H and O–H groups in total. The monoisotopic (exact) mass is 215 g/mol. The number of Topliss-reactive ketones (excluding diaryl/α,β-unsaturated/α-hetero) is 1. The molecule has 0 amide bonds. The molecule has 0 heterocycles. The second-order valence-corrected chi connectivity index (χ2v) is 3.49. The normalized spacial score (nSPS) is 10.3. The van der Waals surface area contributed by atoms with Gasteiger partial charge in [-0.05, 0) is 18.6 Å². The predicted octanol–water partition coefficient (Wildman–Crippen LogP) is 2.90. The van der Waals surface area contributed by atoms with Crippen molar-refractivity contribution in [2.45, 2.75) is 6.92 Å². The number of carbonyl (C=O) groups is 1. The first-order chi connectivity index (χ1) is 7.61. The summed E-state index contributed by atoms with van der Waals surface area (Å²) in [6.07, 6.45) is 0. The molecule has 0 fully saturated rings. The standard InChI is InChI=1S/C12H9NO3/c1-8(14)11-7-12(13(15)16)10-6-4-2-3-5-9(10)11/h2-7H,1H3. The van der Waals surface area contributed by atoms with Gasteiger partial charge in [0, 0.05) is 11.6 Å². The van der Waals surface area contributed by atoms with Gasteiger partial charge in [0.15, 0.2) is 5.78 Å². The van der Waals surface area contributed by atoms with E-state index in [1.54, 1.807) is 30.3 Å². The summed E-state index contributed by atoms with van der Waals surface area (Å²) in [5, 5.41) is 10.8. The summed E-state index contributed by atoms with van der Waals surface area (Å²) in [4.78, 5) is 21.8. The predicted molar refractivity (Wildman–Crippen MR) is 59.7 cm³/mol. The molecular formula is C12H9NO3. The Bertz CT molecular complexity index is 502. The fourth-order valence-electron chi connectivity index (χ4n) is 1.74. The summed E-state index contributed by atoms with van der Waals surface area (Å²) in [5.41, 5.74) is 1.51. The van der Waals surface area contributed by atoms with Crippen LogP contribution in [0, 0.1) is 10.1 Å². The van der Waals surface area contributed by atoms with Crippen molar-refractivity contribution in [2.75, 3.05) is 0 Å². The summed E-state index contributed by atoms with van der Waals surface area (Å²) < 4.78 is 0. The Kier molecular flexibility index (Phi) is 2.40. The molecule has 2 rings (SSSR count). The lowest BCUT2D eigenvalue weighted by Gasteiger charge is -1.94. The van der Waals surface area contributed by atoms with E-state index < -0.39 is 4.92 Å². The molecule has 0 aromatic carbocycles. The molecule has 4 heteroatoms. The van der Waals surface area contributed by atoms with Gasteiger partial charge in [-0.1, -0.05) is 24.3 Å². The van der Waals surface area contributed by atoms with Gasteiger partial charge in [0.1, 0.15) is 0 Å². The first-order valence-electron chi connectivity index (χ1n) is 4.78. The van der Waals surface area contributed by atoms with Crippen LogP contribution in [0.15, 0.2) is 36.4 Å². The van der Waals surface area contributed by atoms with Gasteiger partial charge in [0.05, 0.1) is 10.5 Å². The maximum absolute atomic E-state index is 11.4. The van der Waals surface area contributed by atoms with Crippen LogP contribution < -0.4 is 0 Å². The molecule has 2 aliphatic rings. The van der Waals surface area contributed by atoms with E-state index in [1.165, 1.54) is 13.0 Å². The van der Waals surface area contributed by atoms with Crippen LogP contribution in [0.3, 0.4) is 0 Å². The molecule has 0 spiro atoms. The molecule has 0 atom stereocenters. The lowest BCUT2D eigenvalue weighted by atomic mass is 10.1. The lowest BCUT2D eigenvalue weighted by Crippen LogP contribution is -1.89. The van der Waals surface area contributed by atoms with Gasteiger partial charge in [-0.15, -0.1) is 0 Å². The highest BCUT2D eigenvalue weighted by Crippen LogP contribution is 2.37. The first-order valence-corrected chi connectivity index (χ1v) is 4.78. The zero-order valence-electron chi connectivity index (χ0n) is 8.64. The molecular weight excluding hydrogens is 206 g/mol. The zero-order valence-corrected chi connectivity index (χ0v) is 8.64. The van der Waals surface area contributed by atoms with Gasteiger partial charge in [0.2, 0.25) is 0 Å². The van der Waals surface area contributed by atoms with E-state index in [1.807, 2.05) is 0 Å². The Balaban J connectivity index is 2.79. The molecule has 4 nitrogen and oxygen atoms in total. The van der Waals surface area contributed by atoms with Gasteiger partial charge in [-0.25, -0.2) is 0 Å². The molecule has 0 bridgehead atoms. The Labute approximate surface area is 92.0 Å². The van der Waals surface area contributed by atoms with Crippen molar-refractivity contribution in [3.63, 3.8) is 0 Å².